The minimum atomic E-state index is -0.197. The van der Waals surface area contributed by atoms with E-state index in [2.05, 4.69) is 14.9 Å². The van der Waals surface area contributed by atoms with Crippen molar-refractivity contribution < 1.29 is 4.39 Å². The number of aryl methyl sites for hydroxylation is 2. The predicted molar refractivity (Wildman–Crippen MR) is 83.9 cm³/mol. The van der Waals surface area contributed by atoms with E-state index in [-0.39, 0.29) is 11.9 Å². The molecule has 0 bridgehead atoms. The highest BCUT2D eigenvalue weighted by atomic mass is 19.1. The lowest BCUT2D eigenvalue weighted by molar-refractivity contribution is 0.618. The Kier molecular flexibility index (Phi) is 3.37. The first-order valence-corrected chi connectivity index (χ1v) is 7.00. The quantitative estimate of drug-likeness (QED) is 0.781. The highest BCUT2D eigenvalue weighted by molar-refractivity contribution is 5.76. The summed E-state index contributed by atoms with van der Waals surface area (Å²) in [4.78, 5) is 4.66. The topological polar surface area (TPSA) is 29.9 Å². The molecule has 108 valence electrons. The first-order valence-electron chi connectivity index (χ1n) is 7.00. The molecule has 0 spiro atoms. The van der Waals surface area contributed by atoms with Crippen molar-refractivity contribution in [2.75, 3.05) is 5.32 Å². The van der Waals surface area contributed by atoms with Gasteiger partial charge in [-0.3, -0.25) is 0 Å². The summed E-state index contributed by atoms with van der Waals surface area (Å²) in [6.45, 7) is 3.78. The van der Waals surface area contributed by atoms with Gasteiger partial charge in [-0.25, -0.2) is 9.37 Å². The number of para-hydroxylation sites is 2. The summed E-state index contributed by atoms with van der Waals surface area (Å²) in [6, 6.07) is 13.2. The smallest absolute Gasteiger partial charge is 0.131 e. The highest BCUT2D eigenvalue weighted by Crippen LogP contribution is 2.23. The van der Waals surface area contributed by atoms with Crippen LogP contribution in [0.25, 0.3) is 11.0 Å². The van der Waals surface area contributed by atoms with Gasteiger partial charge in [0.05, 0.1) is 17.1 Å². The summed E-state index contributed by atoms with van der Waals surface area (Å²) in [5.74, 6) is 0.731. The van der Waals surface area contributed by atoms with Crippen LogP contribution in [0.4, 0.5) is 10.1 Å². The number of halogens is 1. The van der Waals surface area contributed by atoms with E-state index in [4.69, 9.17) is 0 Å². The van der Waals surface area contributed by atoms with Gasteiger partial charge in [0.25, 0.3) is 0 Å². The summed E-state index contributed by atoms with van der Waals surface area (Å²) in [6.07, 6.45) is 0. The number of anilines is 1. The Hall–Kier alpha value is -2.36. The number of hydrogen-bond donors (Lipinski definition) is 1. The van der Waals surface area contributed by atoms with Crippen molar-refractivity contribution in [3.8, 4) is 0 Å². The van der Waals surface area contributed by atoms with Gasteiger partial charge in [-0.1, -0.05) is 18.2 Å². The fourth-order valence-electron chi connectivity index (χ4n) is 2.55. The van der Waals surface area contributed by atoms with Crippen LogP contribution in [0.15, 0.2) is 42.5 Å². The molecule has 21 heavy (non-hydrogen) atoms. The highest BCUT2D eigenvalue weighted by Gasteiger charge is 2.14. The maximum absolute atomic E-state index is 13.6. The van der Waals surface area contributed by atoms with Gasteiger partial charge >= 0.3 is 0 Å². The van der Waals surface area contributed by atoms with Crippen molar-refractivity contribution in [2.24, 2.45) is 7.05 Å². The molecule has 3 rings (SSSR count). The lowest BCUT2D eigenvalue weighted by Gasteiger charge is -2.15. The maximum atomic E-state index is 13.6. The number of hydrogen-bond acceptors (Lipinski definition) is 2. The molecule has 0 amide bonds. The van der Waals surface area contributed by atoms with Gasteiger partial charge < -0.3 is 9.88 Å². The molecule has 1 N–H and O–H groups in total. The number of imidazole rings is 1. The second kappa shape index (κ2) is 5.20. The third-order valence-corrected chi connectivity index (χ3v) is 3.76. The van der Waals surface area contributed by atoms with Crippen molar-refractivity contribution in [1.82, 2.24) is 9.55 Å². The van der Waals surface area contributed by atoms with E-state index in [1.165, 1.54) is 6.07 Å². The lowest BCUT2D eigenvalue weighted by atomic mass is 10.2. The monoisotopic (exact) mass is 283 g/mol. The Labute approximate surface area is 123 Å². The molecule has 0 aliphatic heterocycles. The minimum absolute atomic E-state index is 0.00972. The fourth-order valence-corrected chi connectivity index (χ4v) is 2.55. The normalized spacial score (nSPS) is 12.6. The summed E-state index contributed by atoms with van der Waals surface area (Å²) >= 11 is 0. The van der Waals surface area contributed by atoms with Crippen LogP contribution in [-0.2, 0) is 7.05 Å². The van der Waals surface area contributed by atoms with E-state index >= 15 is 0 Å². The predicted octanol–water partition coefficient (Wildman–Crippen LogP) is 4.19. The fraction of sp³-hybridized carbons (Fsp3) is 0.235. The molecule has 3 nitrogen and oxygen atoms in total. The average molecular weight is 283 g/mol. The van der Waals surface area contributed by atoms with Gasteiger partial charge in [0, 0.05) is 12.7 Å². The van der Waals surface area contributed by atoms with Crippen LogP contribution >= 0.6 is 0 Å². The summed E-state index contributed by atoms with van der Waals surface area (Å²) in [7, 11) is 2.00. The zero-order chi connectivity index (χ0) is 15.0. The van der Waals surface area contributed by atoms with Gasteiger partial charge in [0.15, 0.2) is 0 Å². The summed E-state index contributed by atoms with van der Waals surface area (Å²) in [5, 5.41) is 3.30. The van der Waals surface area contributed by atoms with Crippen molar-refractivity contribution in [3.05, 3.63) is 59.7 Å². The zero-order valence-electron chi connectivity index (χ0n) is 12.4. The van der Waals surface area contributed by atoms with Crippen LogP contribution in [0.2, 0.25) is 0 Å². The molecule has 0 saturated heterocycles. The first kappa shape index (κ1) is 13.6. The van der Waals surface area contributed by atoms with Crippen LogP contribution < -0.4 is 5.32 Å². The number of fused-ring (bicyclic) bond motifs is 1. The van der Waals surface area contributed by atoms with Crippen LogP contribution in [0.3, 0.4) is 0 Å². The molecule has 0 saturated carbocycles. The first-order chi connectivity index (χ1) is 10.1. The number of nitrogens with one attached hydrogen (secondary N) is 1. The Morgan fingerprint density at radius 3 is 2.67 bits per heavy atom. The Morgan fingerprint density at radius 2 is 1.95 bits per heavy atom. The second-order valence-electron chi connectivity index (χ2n) is 5.35. The second-order valence-corrected chi connectivity index (χ2v) is 5.35. The van der Waals surface area contributed by atoms with E-state index in [1.54, 1.807) is 13.0 Å². The van der Waals surface area contributed by atoms with Gasteiger partial charge in [-0.15, -0.1) is 0 Å². The largest absolute Gasteiger partial charge is 0.375 e. The van der Waals surface area contributed by atoms with E-state index in [0.29, 0.717) is 5.56 Å². The van der Waals surface area contributed by atoms with Crippen molar-refractivity contribution in [1.29, 1.82) is 0 Å². The van der Waals surface area contributed by atoms with E-state index in [9.17, 15) is 4.39 Å². The van der Waals surface area contributed by atoms with E-state index in [1.807, 2.05) is 44.3 Å². The molecular formula is C17H18FN3. The van der Waals surface area contributed by atoms with Gasteiger partial charge in [0.1, 0.15) is 11.6 Å². The number of nitrogens with zero attached hydrogens (tertiary/aromatic N) is 2. The number of benzene rings is 2. The molecular weight excluding hydrogens is 265 g/mol. The molecule has 1 unspecified atom stereocenters. The molecule has 0 aliphatic carbocycles. The summed E-state index contributed by atoms with van der Waals surface area (Å²) in [5.41, 5.74) is 3.48. The Balaban J connectivity index is 1.91. The molecule has 0 fully saturated rings. The molecule has 2 aromatic carbocycles. The van der Waals surface area contributed by atoms with Crippen molar-refractivity contribution in [2.45, 2.75) is 19.9 Å². The minimum Gasteiger partial charge on any atom is -0.375 e. The molecule has 4 heteroatoms. The van der Waals surface area contributed by atoms with E-state index < -0.39 is 0 Å². The molecule has 0 radical (unpaired) electrons. The van der Waals surface area contributed by atoms with Crippen molar-refractivity contribution in [3.63, 3.8) is 0 Å². The lowest BCUT2D eigenvalue weighted by Crippen LogP contribution is -2.12. The summed E-state index contributed by atoms with van der Waals surface area (Å²) < 4.78 is 15.7. The molecule has 1 atom stereocenters. The van der Waals surface area contributed by atoms with Crippen LogP contribution in [0, 0.1) is 12.7 Å². The standard InChI is InChI=1S/C17H18FN3/c1-11-8-9-13(10-14(11)18)19-12(2)17-20-15-6-4-5-7-16(15)21(17)3/h4-10,12,19H,1-3H3. The number of aromatic nitrogens is 2. The Bertz CT molecular complexity index is 792. The van der Waals surface area contributed by atoms with Crippen LogP contribution in [-0.4, -0.2) is 9.55 Å². The zero-order valence-corrected chi connectivity index (χ0v) is 12.4. The molecule has 1 aromatic heterocycles. The van der Waals surface area contributed by atoms with Crippen LogP contribution in [0.5, 0.6) is 0 Å². The van der Waals surface area contributed by atoms with Crippen molar-refractivity contribution >= 4 is 16.7 Å². The Morgan fingerprint density at radius 1 is 1.19 bits per heavy atom. The molecule has 3 aromatic rings. The average Bonchev–Trinajstić information content (AvgIpc) is 2.81. The van der Waals surface area contributed by atoms with Gasteiger partial charge in [0.2, 0.25) is 0 Å². The maximum Gasteiger partial charge on any atom is 0.131 e. The number of rotatable bonds is 3. The SMILES string of the molecule is Cc1ccc(NC(C)c2nc3ccccc3n2C)cc1F. The third-order valence-electron chi connectivity index (χ3n) is 3.76. The molecule has 1 heterocycles. The van der Waals surface area contributed by atoms with Gasteiger partial charge in [-0.2, -0.15) is 0 Å². The van der Waals surface area contributed by atoms with E-state index in [0.717, 1.165) is 22.5 Å². The molecule has 0 aliphatic rings. The van der Waals surface area contributed by atoms with Crippen LogP contribution in [0.1, 0.15) is 24.4 Å². The third kappa shape index (κ3) is 2.49. The van der Waals surface area contributed by atoms with Gasteiger partial charge in [-0.05, 0) is 43.7 Å².